The number of anilines is 1. The van der Waals surface area contributed by atoms with Crippen molar-refractivity contribution in [2.24, 2.45) is 4.99 Å². The third-order valence-electron chi connectivity index (χ3n) is 8.26. The van der Waals surface area contributed by atoms with Gasteiger partial charge in [0.05, 0.1) is 11.9 Å². The SMILES string of the molecule is CC.CCCCNC1N=CC(N(C)C2CCCC2)=C(NCc2ccc(N3CC4CC3CN4C)cc2)N1.O.[HH]. The van der Waals surface area contributed by atoms with Gasteiger partial charge in [-0.15, -0.1) is 0 Å². The fourth-order valence-electron chi connectivity index (χ4n) is 6.05. The minimum atomic E-state index is -0.0686. The third kappa shape index (κ3) is 6.98. The number of fused-ring (bicyclic) bond motifs is 2. The molecule has 1 aliphatic carbocycles. The van der Waals surface area contributed by atoms with Crippen molar-refractivity contribution < 1.29 is 6.90 Å². The number of likely N-dealkylation sites (tertiary alicyclic amines) is 1. The van der Waals surface area contributed by atoms with Gasteiger partial charge >= 0.3 is 0 Å². The lowest BCUT2D eigenvalue weighted by molar-refractivity contribution is 0.292. The molecule has 2 saturated heterocycles. The van der Waals surface area contributed by atoms with E-state index in [1.165, 1.54) is 62.0 Å². The molecule has 0 spiro atoms. The molecule has 1 aromatic rings. The summed E-state index contributed by atoms with van der Waals surface area (Å²) in [7, 11) is 4.49. The van der Waals surface area contributed by atoms with Gasteiger partial charge in [0, 0.05) is 51.9 Å². The summed E-state index contributed by atoms with van der Waals surface area (Å²) in [5, 5.41) is 10.9. The van der Waals surface area contributed by atoms with Gasteiger partial charge in [-0.3, -0.25) is 15.2 Å². The van der Waals surface area contributed by atoms with Gasteiger partial charge in [-0.05, 0) is 57.0 Å². The summed E-state index contributed by atoms with van der Waals surface area (Å²) in [6.07, 6.45) is 10.9. The number of piperazine rings is 1. The van der Waals surface area contributed by atoms with E-state index in [0.717, 1.165) is 37.9 Å². The fraction of sp³-hybridized carbons (Fsp3) is 0.690. The minimum Gasteiger partial charge on any atom is -0.412 e. The number of hydrogen-bond acceptors (Lipinski definition) is 7. The molecule has 37 heavy (non-hydrogen) atoms. The standard InChI is InChI=1S/C27H43N7.C2H6.H2O.H2/c1-4-5-14-28-27-30-17-25(33(3)21-8-6-7-9-21)26(31-27)29-16-20-10-12-22(13-11-20)34-19-23-15-24(34)18-32(23)2;1-2;;/h10-13,17,21,23-24,27-29,31H,4-9,14-16,18-19H2,1-3H3;1-2H3;1H2;1H. The summed E-state index contributed by atoms with van der Waals surface area (Å²) in [4.78, 5) is 12.3. The van der Waals surface area contributed by atoms with Crippen molar-refractivity contribution in [3.8, 4) is 0 Å². The zero-order valence-corrected chi connectivity index (χ0v) is 23.8. The van der Waals surface area contributed by atoms with Gasteiger partial charge < -0.3 is 25.9 Å². The van der Waals surface area contributed by atoms with Crippen LogP contribution in [0.3, 0.4) is 0 Å². The van der Waals surface area contributed by atoms with Gasteiger partial charge in [-0.2, -0.15) is 0 Å². The van der Waals surface area contributed by atoms with Crippen LogP contribution >= 0.6 is 0 Å². The van der Waals surface area contributed by atoms with Crippen molar-refractivity contribution in [1.82, 2.24) is 25.8 Å². The number of benzene rings is 1. The highest BCUT2D eigenvalue weighted by atomic mass is 16.0. The molecule has 1 saturated carbocycles. The second-order valence-corrected chi connectivity index (χ2v) is 10.6. The molecule has 4 aliphatic rings. The fourth-order valence-corrected chi connectivity index (χ4v) is 6.05. The van der Waals surface area contributed by atoms with Gasteiger partial charge in [0.25, 0.3) is 0 Å². The number of hydrogen-bond donors (Lipinski definition) is 3. The molecule has 3 unspecified atom stereocenters. The molecule has 210 valence electrons. The van der Waals surface area contributed by atoms with E-state index < -0.39 is 0 Å². The second-order valence-electron chi connectivity index (χ2n) is 10.6. The molecule has 3 aliphatic heterocycles. The van der Waals surface area contributed by atoms with Gasteiger partial charge in [0.15, 0.2) is 6.29 Å². The number of unbranched alkanes of at least 4 members (excludes halogenated alkanes) is 1. The second kappa shape index (κ2) is 14.0. The van der Waals surface area contributed by atoms with Crippen LogP contribution in [0.4, 0.5) is 5.69 Å². The van der Waals surface area contributed by atoms with Crippen LogP contribution < -0.4 is 20.9 Å². The molecule has 3 atom stereocenters. The van der Waals surface area contributed by atoms with Gasteiger partial charge in [-0.1, -0.05) is 52.2 Å². The quantitative estimate of drug-likeness (QED) is 0.413. The first-order chi connectivity index (χ1) is 17.6. The summed E-state index contributed by atoms with van der Waals surface area (Å²) in [5.41, 5.74) is 3.85. The molecule has 8 heteroatoms. The van der Waals surface area contributed by atoms with Crippen LogP contribution in [-0.2, 0) is 6.54 Å². The first-order valence-corrected chi connectivity index (χ1v) is 14.4. The zero-order chi connectivity index (χ0) is 25.5. The van der Waals surface area contributed by atoms with Crippen LogP contribution in [0.5, 0.6) is 0 Å². The Morgan fingerprint density at radius 2 is 1.84 bits per heavy atom. The van der Waals surface area contributed by atoms with E-state index >= 15 is 0 Å². The molecule has 2 bridgehead atoms. The maximum absolute atomic E-state index is 4.76. The van der Waals surface area contributed by atoms with E-state index in [2.05, 4.69) is 82.1 Å². The van der Waals surface area contributed by atoms with Crippen LogP contribution in [0.2, 0.25) is 0 Å². The van der Waals surface area contributed by atoms with Crippen molar-refractivity contribution in [3.05, 3.63) is 41.3 Å². The van der Waals surface area contributed by atoms with Crippen LogP contribution in [-0.4, -0.2) is 79.6 Å². The Bertz CT molecular complexity index is 885. The Hall–Kier alpha value is -2.29. The number of rotatable bonds is 10. The summed E-state index contributed by atoms with van der Waals surface area (Å²) in [5.74, 6) is 1.09. The highest BCUT2D eigenvalue weighted by Gasteiger charge is 2.41. The molecule has 8 nitrogen and oxygen atoms in total. The normalized spacial score (nSPS) is 25.0. The summed E-state index contributed by atoms with van der Waals surface area (Å²) < 4.78 is 0. The van der Waals surface area contributed by atoms with Gasteiger partial charge in [0.2, 0.25) is 0 Å². The Morgan fingerprint density at radius 1 is 1.11 bits per heavy atom. The lowest BCUT2D eigenvalue weighted by Gasteiger charge is -2.34. The van der Waals surface area contributed by atoms with Crippen LogP contribution in [0.1, 0.15) is 72.7 Å². The molecular weight excluding hydrogens is 462 g/mol. The predicted molar refractivity (Wildman–Crippen MR) is 158 cm³/mol. The maximum Gasteiger partial charge on any atom is 0.174 e. The monoisotopic (exact) mass is 515 g/mol. The molecule has 0 aromatic heterocycles. The van der Waals surface area contributed by atoms with Crippen LogP contribution in [0.25, 0.3) is 0 Å². The average molecular weight is 516 g/mol. The lowest BCUT2D eigenvalue weighted by Crippen LogP contribution is -2.48. The maximum atomic E-state index is 4.76. The first-order valence-electron chi connectivity index (χ1n) is 14.4. The smallest absolute Gasteiger partial charge is 0.174 e. The van der Waals surface area contributed by atoms with Crippen molar-refractivity contribution >= 4 is 11.9 Å². The van der Waals surface area contributed by atoms with E-state index in [4.69, 9.17) is 4.99 Å². The van der Waals surface area contributed by atoms with E-state index in [-0.39, 0.29) is 13.2 Å². The van der Waals surface area contributed by atoms with E-state index in [1.54, 1.807) is 0 Å². The topological polar surface area (TPSA) is 89.7 Å². The Kier molecular flexibility index (Phi) is 11.1. The third-order valence-corrected chi connectivity index (χ3v) is 8.26. The zero-order valence-electron chi connectivity index (χ0n) is 23.8. The highest BCUT2D eigenvalue weighted by Crippen LogP contribution is 2.33. The van der Waals surface area contributed by atoms with Crippen molar-refractivity contribution in [2.75, 3.05) is 38.6 Å². The van der Waals surface area contributed by atoms with Crippen LogP contribution in [0.15, 0.2) is 40.8 Å². The molecule has 1 aromatic carbocycles. The Morgan fingerprint density at radius 3 is 2.46 bits per heavy atom. The summed E-state index contributed by atoms with van der Waals surface area (Å²) >= 11 is 0. The Balaban J connectivity index is 0.00000124. The number of nitrogens with one attached hydrogen (secondary N) is 3. The number of nitrogens with zero attached hydrogens (tertiary/aromatic N) is 4. The molecule has 0 amide bonds. The average Bonchev–Trinajstić information content (AvgIpc) is 3.67. The minimum absolute atomic E-state index is 0. The van der Waals surface area contributed by atoms with E-state index in [9.17, 15) is 0 Å². The Labute approximate surface area is 226 Å². The summed E-state index contributed by atoms with van der Waals surface area (Å²) in [6, 6.07) is 11.2. The van der Waals surface area contributed by atoms with Gasteiger partial charge in [0.1, 0.15) is 5.82 Å². The molecule has 0 radical (unpaired) electrons. The van der Waals surface area contributed by atoms with Crippen molar-refractivity contribution in [1.29, 1.82) is 0 Å². The first kappa shape index (κ1) is 29.3. The largest absolute Gasteiger partial charge is 0.412 e. The number of aliphatic imine (C=N–C) groups is 1. The van der Waals surface area contributed by atoms with E-state index in [1.807, 2.05) is 13.8 Å². The molecule has 3 heterocycles. The van der Waals surface area contributed by atoms with Crippen molar-refractivity contribution in [2.45, 2.75) is 96.7 Å². The molecule has 5 N–H and O–H groups in total. The van der Waals surface area contributed by atoms with Crippen molar-refractivity contribution in [3.63, 3.8) is 0 Å². The highest BCUT2D eigenvalue weighted by molar-refractivity contribution is 5.79. The molecular formula is C29H53N7O. The van der Waals surface area contributed by atoms with E-state index in [0.29, 0.717) is 12.1 Å². The number of likely N-dealkylation sites (N-methyl/N-ethyl adjacent to an activating group) is 1. The van der Waals surface area contributed by atoms with Crippen LogP contribution in [0, 0.1) is 0 Å². The van der Waals surface area contributed by atoms with Gasteiger partial charge in [-0.25, -0.2) is 0 Å². The molecule has 3 fully saturated rings. The lowest BCUT2D eigenvalue weighted by atomic mass is 10.1. The molecule has 5 rings (SSSR count). The number of allylic oxidation sites excluding steroid dienone is 1. The summed E-state index contributed by atoms with van der Waals surface area (Å²) in [6.45, 7) is 10.4. The predicted octanol–water partition coefficient (Wildman–Crippen LogP) is 3.51.